The molecule has 0 radical (unpaired) electrons. The average molecular weight is 347 g/mol. The summed E-state index contributed by atoms with van der Waals surface area (Å²) < 4.78 is 0. The second-order valence-electron chi connectivity index (χ2n) is 6.54. The number of likely N-dealkylation sites (tertiary alicyclic amines) is 1. The Hall–Kier alpha value is -3.08. The van der Waals surface area contributed by atoms with Crippen LogP contribution in [-0.2, 0) is 9.59 Å². The number of carbonyl (C=O) groups excluding carboxylic acids is 2. The van der Waals surface area contributed by atoms with E-state index in [-0.39, 0.29) is 17.4 Å². The summed E-state index contributed by atoms with van der Waals surface area (Å²) in [7, 11) is 0. The first kappa shape index (κ1) is 16.4. The largest absolute Gasteiger partial charge is 0.377 e. The van der Waals surface area contributed by atoms with E-state index in [0.717, 1.165) is 25.9 Å². The maximum absolute atomic E-state index is 13.1. The smallest absolute Gasteiger partial charge is 0.284 e. The lowest BCUT2D eigenvalue weighted by molar-refractivity contribution is -0.116. The van der Waals surface area contributed by atoms with Crippen LogP contribution in [0.25, 0.3) is 0 Å². The van der Waals surface area contributed by atoms with Crippen LogP contribution >= 0.6 is 0 Å². The van der Waals surface area contributed by atoms with Crippen LogP contribution in [0.2, 0.25) is 0 Å². The molecule has 0 aromatic heterocycles. The van der Waals surface area contributed by atoms with Gasteiger partial charge in [0, 0.05) is 19.3 Å². The normalized spacial score (nSPS) is 17.8. The van der Waals surface area contributed by atoms with Crippen molar-refractivity contribution in [3.8, 4) is 0 Å². The van der Waals surface area contributed by atoms with E-state index in [2.05, 4.69) is 4.90 Å². The molecule has 0 atom stereocenters. The van der Waals surface area contributed by atoms with Gasteiger partial charge in [0.2, 0.25) is 0 Å². The van der Waals surface area contributed by atoms with Gasteiger partial charge in [-0.05, 0) is 43.5 Å². The van der Waals surface area contributed by atoms with E-state index in [1.165, 1.54) is 16.4 Å². The molecular formula is C21H21N3O2. The van der Waals surface area contributed by atoms with Gasteiger partial charge < -0.3 is 4.90 Å². The summed E-state index contributed by atoms with van der Waals surface area (Å²) in [4.78, 5) is 28.4. The van der Waals surface area contributed by atoms with Gasteiger partial charge in [0.25, 0.3) is 11.8 Å². The molecular weight excluding hydrogens is 326 g/mol. The minimum atomic E-state index is -0.282. The number of hydrogen-bond acceptors (Lipinski definition) is 3. The quantitative estimate of drug-likeness (QED) is 0.632. The molecule has 0 N–H and O–H groups in total. The highest BCUT2D eigenvalue weighted by atomic mass is 16.2. The Bertz CT molecular complexity index is 767. The lowest BCUT2D eigenvalue weighted by atomic mass is 10.1. The zero-order valence-corrected chi connectivity index (χ0v) is 14.5. The molecule has 0 aliphatic carbocycles. The van der Waals surface area contributed by atoms with Gasteiger partial charge in [-0.25, -0.2) is 10.0 Å². The van der Waals surface area contributed by atoms with E-state index < -0.39 is 0 Å². The second kappa shape index (κ2) is 7.04. The molecule has 0 saturated carbocycles. The SMILES string of the molecule is O=C1C(=CN2CCCCC2)C(=O)N(c2ccccc2)N1c1ccccc1. The number of hydrazine groups is 1. The molecule has 2 amide bonds. The number of anilines is 2. The molecule has 2 aliphatic heterocycles. The summed E-state index contributed by atoms with van der Waals surface area (Å²) in [5.74, 6) is -0.564. The van der Waals surface area contributed by atoms with Crippen molar-refractivity contribution in [2.45, 2.75) is 19.3 Å². The van der Waals surface area contributed by atoms with Crippen LogP contribution in [0.1, 0.15) is 19.3 Å². The molecule has 0 unspecified atom stereocenters. The number of piperidine rings is 1. The van der Waals surface area contributed by atoms with Crippen molar-refractivity contribution in [2.75, 3.05) is 23.1 Å². The fourth-order valence-electron chi connectivity index (χ4n) is 3.45. The Kier molecular flexibility index (Phi) is 4.44. The first-order chi connectivity index (χ1) is 12.8. The van der Waals surface area contributed by atoms with Crippen molar-refractivity contribution in [3.05, 3.63) is 72.4 Å². The van der Waals surface area contributed by atoms with Crippen molar-refractivity contribution >= 4 is 23.2 Å². The Labute approximate surface area is 153 Å². The van der Waals surface area contributed by atoms with Crippen molar-refractivity contribution in [1.82, 2.24) is 4.90 Å². The first-order valence-corrected chi connectivity index (χ1v) is 9.00. The number of nitrogens with zero attached hydrogens (tertiary/aromatic N) is 3. The van der Waals surface area contributed by atoms with Gasteiger partial charge >= 0.3 is 0 Å². The number of hydrogen-bond donors (Lipinski definition) is 0. The van der Waals surface area contributed by atoms with Crippen molar-refractivity contribution in [2.24, 2.45) is 0 Å². The van der Waals surface area contributed by atoms with Crippen molar-refractivity contribution in [1.29, 1.82) is 0 Å². The zero-order chi connectivity index (χ0) is 17.9. The predicted octanol–water partition coefficient (Wildman–Crippen LogP) is 3.35. The fraction of sp³-hybridized carbons (Fsp3) is 0.238. The molecule has 5 heteroatoms. The Morgan fingerprint density at radius 2 is 1.12 bits per heavy atom. The van der Waals surface area contributed by atoms with Crippen LogP contribution in [0, 0.1) is 0 Å². The van der Waals surface area contributed by atoms with Gasteiger partial charge in [0.15, 0.2) is 0 Å². The predicted molar refractivity (Wildman–Crippen MR) is 101 cm³/mol. The summed E-state index contributed by atoms with van der Waals surface area (Å²) in [5, 5.41) is 2.93. The highest BCUT2D eigenvalue weighted by molar-refractivity contribution is 6.35. The van der Waals surface area contributed by atoms with E-state index in [1.807, 2.05) is 60.7 Å². The number of rotatable bonds is 3. The topological polar surface area (TPSA) is 43.9 Å². The minimum absolute atomic E-state index is 0.222. The molecule has 2 fully saturated rings. The number of para-hydroxylation sites is 2. The van der Waals surface area contributed by atoms with Gasteiger partial charge in [0.1, 0.15) is 5.57 Å². The van der Waals surface area contributed by atoms with Gasteiger partial charge in [0.05, 0.1) is 11.4 Å². The third-order valence-electron chi connectivity index (χ3n) is 4.75. The lowest BCUT2D eigenvalue weighted by Gasteiger charge is -2.27. The van der Waals surface area contributed by atoms with Gasteiger partial charge in [-0.15, -0.1) is 0 Å². The monoisotopic (exact) mass is 347 g/mol. The number of carbonyl (C=O) groups is 2. The fourth-order valence-corrected chi connectivity index (χ4v) is 3.45. The molecule has 26 heavy (non-hydrogen) atoms. The van der Waals surface area contributed by atoms with Gasteiger partial charge in [-0.3, -0.25) is 9.59 Å². The Morgan fingerprint density at radius 3 is 1.58 bits per heavy atom. The molecule has 132 valence electrons. The van der Waals surface area contributed by atoms with E-state index in [1.54, 1.807) is 6.20 Å². The lowest BCUT2D eigenvalue weighted by Crippen LogP contribution is -2.41. The summed E-state index contributed by atoms with van der Waals surface area (Å²) >= 11 is 0. The summed E-state index contributed by atoms with van der Waals surface area (Å²) in [6.45, 7) is 1.78. The Balaban J connectivity index is 1.76. The molecule has 2 saturated heterocycles. The number of amides is 2. The third-order valence-corrected chi connectivity index (χ3v) is 4.75. The standard InChI is InChI=1S/C21H21N3O2/c25-20-19(16-22-14-8-3-9-15-22)21(26)24(18-12-6-2-7-13-18)23(20)17-10-4-1-5-11-17/h1-2,4-7,10-13,16H,3,8-9,14-15H2. The van der Waals surface area contributed by atoms with E-state index >= 15 is 0 Å². The van der Waals surface area contributed by atoms with Crippen LogP contribution < -0.4 is 10.0 Å². The van der Waals surface area contributed by atoms with Crippen LogP contribution in [0.4, 0.5) is 11.4 Å². The third kappa shape index (κ3) is 2.96. The summed E-state index contributed by atoms with van der Waals surface area (Å²) in [6.07, 6.45) is 5.14. The molecule has 4 rings (SSSR count). The Morgan fingerprint density at radius 1 is 0.654 bits per heavy atom. The van der Waals surface area contributed by atoms with Crippen molar-refractivity contribution < 1.29 is 9.59 Å². The molecule has 2 aliphatic rings. The zero-order valence-electron chi connectivity index (χ0n) is 14.5. The molecule has 5 nitrogen and oxygen atoms in total. The molecule has 0 spiro atoms. The van der Waals surface area contributed by atoms with Gasteiger partial charge in [-0.2, -0.15) is 0 Å². The van der Waals surface area contributed by atoms with Crippen molar-refractivity contribution in [3.63, 3.8) is 0 Å². The maximum atomic E-state index is 13.1. The summed E-state index contributed by atoms with van der Waals surface area (Å²) in [5.41, 5.74) is 1.58. The average Bonchev–Trinajstić information content (AvgIpc) is 2.95. The van der Waals surface area contributed by atoms with E-state index in [4.69, 9.17) is 0 Å². The van der Waals surface area contributed by atoms with Gasteiger partial charge in [-0.1, -0.05) is 36.4 Å². The highest BCUT2D eigenvalue weighted by Gasteiger charge is 2.43. The molecule has 2 aromatic rings. The molecule has 0 bridgehead atoms. The van der Waals surface area contributed by atoms with Crippen LogP contribution in [0.15, 0.2) is 72.4 Å². The van der Waals surface area contributed by atoms with E-state index in [0.29, 0.717) is 11.4 Å². The first-order valence-electron chi connectivity index (χ1n) is 9.00. The van der Waals surface area contributed by atoms with E-state index in [9.17, 15) is 9.59 Å². The van der Waals surface area contributed by atoms with Crippen LogP contribution in [0.3, 0.4) is 0 Å². The maximum Gasteiger partial charge on any atom is 0.284 e. The minimum Gasteiger partial charge on any atom is -0.377 e. The molecule has 2 aromatic carbocycles. The van der Waals surface area contributed by atoms with Crippen LogP contribution in [0.5, 0.6) is 0 Å². The second-order valence-corrected chi connectivity index (χ2v) is 6.54. The number of benzene rings is 2. The highest BCUT2D eigenvalue weighted by Crippen LogP contribution is 2.31. The molecule has 2 heterocycles. The summed E-state index contributed by atoms with van der Waals surface area (Å²) in [6, 6.07) is 18.6. The van der Waals surface area contributed by atoms with Crippen LogP contribution in [-0.4, -0.2) is 29.8 Å².